The van der Waals surface area contributed by atoms with Crippen molar-refractivity contribution < 1.29 is 22.4 Å². The predicted molar refractivity (Wildman–Crippen MR) is 70.9 cm³/mol. The van der Waals surface area contributed by atoms with E-state index in [2.05, 4.69) is 22.1 Å². The summed E-state index contributed by atoms with van der Waals surface area (Å²) >= 11 is 0. The van der Waals surface area contributed by atoms with Gasteiger partial charge in [0.15, 0.2) is 0 Å². The Bertz CT molecular complexity index is 522. The maximum atomic E-state index is 12.4. The summed E-state index contributed by atoms with van der Waals surface area (Å²) in [5.41, 5.74) is 0. The maximum absolute atomic E-state index is 12.4. The van der Waals surface area contributed by atoms with Crippen LogP contribution in [0, 0.1) is 0 Å². The van der Waals surface area contributed by atoms with Crippen molar-refractivity contribution >= 4 is 5.91 Å². The minimum atomic E-state index is -4.62. The monoisotopic (exact) mass is 318 g/mol. The number of nitrogens with one attached hydrogen (secondary N) is 1. The highest BCUT2D eigenvalue weighted by molar-refractivity contribution is 5.78. The van der Waals surface area contributed by atoms with Crippen LogP contribution in [0.2, 0.25) is 0 Å². The molecule has 6 nitrogen and oxygen atoms in total. The molecule has 1 N–H and O–H groups in total. The van der Waals surface area contributed by atoms with E-state index in [9.17, 15) is 18.0 Å². The van der Waals surface area contributed by atoms with E-state index < -0.39 is 12.1 Å². The molecule has 2 rings (SSSR count). The van der Waals surface area contributed by atoms with Gasteiger partial charge in [-0.1, -0.05) is 6.08 Å². The van der Waals surface area contributed by atoms with Crippen LogP contribution in [-0.2, 0) is 11.0 Å². The van der Waals surface area contributed by atoms with Crippen molar-refractivity contribution in [3.05, 3.63) is 24.4 Å². The molecule has 0 saturated carbocycles. The summed E-state index contributed by atoms with van der Waals surface area (Å²) in [6.45, 7) is 5.37. The van der Waals surface area contributed by atoms with E-state index in [0.29, 0.717) is 32.5 Å². The molecule has 22 heavy (non-hydrogen) atoms. The molecule has 1 amide bonds. The molecule has 0 unspecified atom stereocenters. The molecule has 0 aliphatic carbocycles. The van der Waals surface area contributed by atoms with Gasteiger partial charge in [0.1, 0.15) is 0 Å². The molecule has 1 aliphatic rings. The summed E-state index contributed by atoms with van der Waals surface area (Å²) in [6.07, 6.45) is -1.87. The SMILES string of the molecule is C=CCNC(=O)CN1CCC(c2nnc(C(F)(F)F)o2)CC1. The number of hydrogen-bond acceptors (Lipinski definition) is 5. The number of likely N-dealkylation sites (tertiary alicyclic amines) is 1. The molecule has 0 aromatic carbocycles. The summed E-state index contributed by atoms with van der Waals surface area (Å²) in [5, 5.41) is 9.20. The Kier molecular flexibility index (Phi) is 5.17. The van der Waals surface area contributed by atoms with Crippen LogP contribution in [0.1, 0.15) is 30.5 Å². The third-order valence-corrected chi connectivity index (χ3v) is 3.43. The Morgan fingerprint density at radius 1 is 1.41 bits per heavy atom. The van der Waals surface area contributed by atoms with Crippen LogP contribution in [0.4, 0.5) is 13.2 Å². The zero-order valence-corrected chi connectivity index (χ0v) is 11.9. The lowest BCUT2D eigenvalue weighted by Gasteiger charge is -2.29. The molecule has 0 bridgehead atoms. The fourth-order valence-electron chi connectivity index (χ4n) is 2.30. The summed E-state index contributed by atoms with van der Waals surface area (Å²) in [6, 6.07) is 0. The number of piperidine rings is 1. The van der Waals surface area contributed by atoms with E-state index in [1.165, 1.54) is 0 Å². The number of amides is 1. The lowest BCUT2D eigenvalue weighted by molar-refractivity contribution is -0.157. The van der Waals surface area contributed by atoms with Crippen LogP contribution < -0.4 is 5.32 Å². The van der Waals surface area contributed by atoms with Gasteiger partial charge in [-0.25, -0.2) is 0 Å². The zero-order valence-electron chi connectivity index (χ0n) is 11.9. The molecule has 0 radical (unpaired) electrons. The Morgan fingerprint density at radius 2 is 2.09 bits per heavy atom. The van der Waals surface area contributed by atoms with E-state index in [0.717, 1.165) is 0 Å². The van der Waals surface area contributed by atoms with Crippen molar-refractivity contribution in [3.8, 4) is 0 Å². The summed E-state index contributed by atoms with van der Waals surface area (Å²) in [5.74, 6) is -1.59. The predicted octanol–water partition coefficient (Wildman–Crippen LogP) is 1.57. The second kappa shape index (κ2) is 6.91. The summed E-state index contributed by atoms with van der Waals surface area (Å²) in [4.78, 5) is 13.5. The smallest absolute Gasteiger partial charge is 0.417 e. The normalized spacial score (nSPS) is 17.4. The van der Waals surface area contributed by atoms with Crippen LogP contribution in [0.25, 0.3) is 0 Å². The quantitative estimate of drug-likeness (QED) is 0.835. The number of halogens is 3. The largest absolute Gasteiger partial charge is 0.470 e. The first-order valence-corrected chi connectivity index (χ1v) is 6.90. The molecular weight excluding hydrogens is 301 g/mol. The number of nitrogens with zero attached hydrogens (tertiary/aromatic N) is 3. The molecule has 0 atom stereocenters. The molecule has 1 fully saturated rings. The number of carbonyl (C=O) groups is 1. The van der Waals surface area contributed by atoms with Gasteiger partial charge >= 0.3 is 12.1 Å². The van der Waals surface area contributed by atoms with Crippen LogP contribution in [0.5, 0.6) is 0 Å². The Balaban J connectivity index is 1.83. The van der Waals surface area contributed by atoms with Gasteiger partial charge in [0.05, 0.1) is 6.54 Å². The number of aromatic nitrogens is 2. The fourth-order valence-corrected chi connectivity index (χ4v) is 2.30. The molecule has 0 spiro atoms. The first kappa shape index (κ1) is 16.5. The Hall–Kier alpha value is -1.90. The summed E-state index contributed by atoms with van der Waals surface area (Å²) < 4.78 is 42.0. The average Bonchev–Trinajstić information content (AvgIpc) is 2.96. The van der Waals surface area contributed by atoms with Crippen molar-refractivity contribution in [1.29, 1.82) is 0 Å². The average molecular weight is 318 g/mol. The number of hydrogen-bond donors (Lipinski definition) is 1. The third-order valence-electron chi connectivity index (χ3n) is 3.43. The lowest BCUT2D eigenvalue weighted by atomic mass is 9.97. The minimum Gasteiger partial charge on any atom is -0.417 e. The first-order chi connectivity index (χ1) is 10.4. The number of carbonyl (C=O) groups excluding carboxylic acids is 1. The van der Waals surface area contributed by atoms with Gasteiger partial charge in [0, 0.05) is 12.5 Å². The highest BCUT2D eigenvalue weighted by Gasteiger charge is 2.39. The van der Waals surface area contributed by atoms with Crippen LogP contribution in [-0.4, -0.2) is 47.2 Å². The maximum Gasteiger partial charge on any atom is 0.470 e. The van der Waals surface area contributed by atoms with Gasteiger partial charge in [-0.2, -0.15) is 13.2 Å². The molecule has 1 aliphatic heterocycles. The molecule has 2 heterocycles. The molecule has 9 heteroatoms. The first-order valence-electron chi connectivity index (χ1n) is 6.90. The topological polar surface area (TPSA) is 71.3 Å². The van der Waals surface area contributed by atoms with Gasteiger partial charge in [0.25, 0.3) is 0 Å². The van der Waals surface area contributed by atoms with E-state index in [4.69, 9.17) is 4.42 Å². The van der Waals surface area contributed by atoms with Gasteiger partial charge in [-0.15, -0.1) is 16.8 Å². The summed E-state index contributed by atoms with van der Waals surface area (Å²) in [7, 11) is 0. The van der Waals surface area contributed by atoms with Crippen LogP contribution in [0.3, 0.4) is 0 Å². The van der Waals surface area contributed by atoms with E-state index in [1.54, 1.807) is 6.08 Å². The second-order valence-electron chi connectivity index (χ2n) is 5.09. The van der Waals surface area contributed by atoms with E-state index >= 15 is 0 Å². The molecule has 1 aromatic rings. The number of alkyl halides is 3. The fraction of sp³-hybridized carbons (Fsp3) is 0.615. The Labute approximate surface area is 125 Å². The molecule has 1 aromatic heterocycles. The van der Waals surface area contributed by atoms with Gasteiger partial charge in [-0.05, 0) is 25.9 Å². The highest BCUT2D eigenvalue weighted by atomic mass is 19.4. The molecular formula is C13H17F3N4O2. The van der Waals surface area contributed by atoms with Crippen molar-refractivity contribution in [2.45, 2.75) is 24.9 Å². The van der Waals surface area contributed by atoms with Crippen molar-refractivity contribution in [2.75, 3.05) is 26.2 Å². The van der Waals surface area contributed by atoms with Gasteiger partial charge < -0.3 is 9.73 Å². The Morgan fingerprint density at radius 3 is 2.64 bits per heavy atom. The lowest BCUT2D eigenvalue weighted by Crippen LogP contribution is -2.41. The van der Waals surface area contributed by atoms with Crippen LogP contribution >= 0.6 is 0 Å². The zero-order chi connectivity index (χ0) is 16.2. The minimum absolute atomic E-state index is 0.0167. The van der Waals surface area contributed by atoms with Crippen molar-refractivity contribution in [3.63, 3.8) is 0 Å². The van der Waals surface area contributed by atoms with E-state index in [1.807, 2.05) is 4.90 Å². The van der Waals surface area contributed by atoms with Crippen molar-refractivity contribution in [1.82, 2.24) is 20.4 Å². The standard InChI is InChI=1S/C13H17F3N4O2/c1-2-5-17-10(21)8-20-6-3-9(4-7-20)11-18-19-12(22-11)13(14,15)16/h2,9H,1,3-8H2,(H,17,21). The second-order valence-corrected chi connectivity index (χ2v) is 5.09. The number of rotatable bonds is 5. The van der Waals surface area contributed by atoms with Crippen LogP contribution in [0.15, 0.2) is 17.1 Å². The molecule has 122 valence electrons. The molecule has 1 saturated heterocycles. The van der Waals surface area contributed by atoms with Crippen molar-refractivity contribution in [2.24, 2.45) is 0 Å². The highest BCUT2D eigenvalue weighted by Crippen LogP contribution is 2.32. The van der Waals surface area contributed by atoms with Gasteiger partial charge in [-0.3, -0.25) is 9.69 Å². The van der Waals surface area contributed by atoms with E-state index in [-0.39, 0.29) is 24.3 Å². The third kappa shape index (κ3) is 4.30. The van der Waals surface area contributed by atoms with Gasteiger partial charge in [0.2, 0.25) is 11.8 Å².